The molecule has 0 aliphatic heterocycles. The summed E-state index contributed by atoms with van der Waals surface area (Å²) in [5.41, 5.74) is 5.06. The molecule has 1 N–H and O–H groups in total. The third-order valence-corrected chi connectivity index (χ3v) is 5.58. The van der Waals surface area contributed by atoms with Crippen molar-refractivity contribution in [2.24, 2.45) is 0 Å². The van der Waals surface area contributed by atoms with E-state index in [2.05, 4.69) is 5.10 Å². The molecule has 4 aromatic rings. The molecular weight excluding hydrogens is 400 g/mol. The smallest absolute Gasteiger partial charge is 0.255 e. The lowest BCUT2D eigenvalue weighted by atomic mass is 10.0. The quantitative estimate of drug-likeness (QED) is 0.466. The Morgan fingerprint density at radius 1 is 1.09 bits per heavy atom. The first-order valence-electron chi connectivity index (χ1n) is 10.9. The lowest BCUT2D eigenvalue weighted by Crippen LogP contribution is -2.33. The van der Waals surface area contributed by atoms with Crippen LogP contribution in [-0.4, -0.2) is 43.8 Å². The summed E-state index contributed by atoms with van der Waals surface area (Å²) in [5, 5.41) is 14.9. The van der Waals surface area contributed by atoms with Crippen molar-refractivity contribution in [2.75, 3.05) is 13.2 Å². The predicted molar refractivity (Wildman–Crippen MR) is 126 cm³/mol. The van der Waals surface area contributed by atoms with E-state index in [4.69, 9.17) is 4.98 Å². The number of aliphatic hydroxyl groups excluding tert-OH is 1. The number of pyridine rings is 1. The van der Waals surface area contributed by atoms with Crippen LogP contribution in [0, 0.1) is 6.92 Å². The molecule has 6 nitrogen and oxygen atoms in total. The molecule has 4 rings (SSSR count). The zero-order chi connectivity index (χ0) is 22.7. The average Bonchev–Trinajstić information content (AvgIpc) is 3.23. The lowest BCUT2D eigenvalue weighted by molar-refractivity contribution is 0.0710. The van der Waals surface area contributed by atoms with Crippen LogP contribution in [0.15, 0.2) is 66.9 Å². The van der Waals surface area contributed by atoms with Crippen LogP contribution >= 0.6 is 0 Å². The molecule has 0 saturated heterocycles. The Bertz CT molecular complexity index is 1230. The maximum atomic E-state index is 13.8. The van der Waals surface area contributed by atoms with Crippen molar-refractivity contribution in [1.29, 1.82) is 0 Å². The van der Waals surface area contributed by atoms with Crippen LogP contribution in [0.4, 0.5) is 0 Å². The highest BCUT2D eigenvalue weighted by Gasteiger charge is 2.23. The fourth-order valence-corrected chi connectivity index (χ4v) is 3.92. The van der Waals surface area contributed by atoms with Crippen LogP contribution in [-0.2, 0) is 6.54 Å². The molecule has 0 unspecified atom stereocenters. The molecule has 1 amide bonds. The summed E-state index contributed by atoms with van der Waals surface area (Å²) >= 11 is 0. The van der Waals surface area contributed by atoms with Crippen LogP contribution in [0.2, 0.25) is 0 Å². The molecule has 0 fully saturated rings. The Labute approximate surface area is 188 Å². The Kier molecular flexibility index (Phi) is 6.32. The zero-order valence-electron chi connectivity index (χ0n) is 18.7. The minimum absolute atomic E-state index is 0.105. The van der Waals surface area contributed by atoms with Gasteiger partial charge in [0.2, 0.25) is 0 Å². The fourth-order valence-electron chi connectivity index (χ4n) is 3.92. The van der Waals surface area contributed by atoms with Gasteiger partial charge in [0, 0.05) is 24.7 Å². The molecule has 0 atom stereocenters. The van der Waals surface area contributed by atoms with Gasteiger partial charge in [0.05, 0.1) is 29.4 Å². The van der Waals surface area contributed by atoms with Crippen LogP contribution in [0.25, 0.3) is 22.3 Å². The van der Waals surface area contributed by atoms with Gasteiger partial charge < -0.3 is 10.0 Å². The summed E-state index contributed by atoms with van der Waals surface area (Å²) in [5.74, 6) is -0.145. The minimum Gasteiger partial charge on any atom is -0.395 e. The number of nitrogens with zero attached hydrogens (tertiary/aromatic N) is 4. The fraction of sp³-hybridized carbons (Fsp3) is 0.269. The van der Waals surface area contributed by atoms with Crippen LogP contribution < -0.4 is 0 Å². The van der Waals surface area contributed by atoms with E-state index in [9.17, 15) is 9.90 Å². The van der Waals surface area contributed by atoms with Crippen LogP contribution in [0.1, 0.15) is 41.4 Å². The molecule has 2 heterocycles. The van der Waals surface area contributed by atoms with Crippen LogP contribution in [0.5, 0.6) is 0 Å². The van der Waals surface area contributed by atoms with E-state index in [0.29, 0.717) is 17.8 Å². The Morgan fingerprint density at radius 3 is 2.50 bits per heavy atom. The second kappa shape index (κ2) is 9.32. The van der Waals surface area contributed by atoms with Gasteiger partial charge in [-0.2, -0.15) is 5.10 Å². The second-order valence-electron chi connectivity index (χ2n) is 8.23. The second-order valence-corrected chi connectivity index (χ2v) is 8.23. The highest BCUT2D eigenvalue weighted by molar-refractivity contribution is 6.06. The number of aliphatic hydroxyl groups is 1. The van der Waals surface area contributed by atoms with Crippen molar-refractivity contribution in [3.05, 3.63) is 83.6 Å². The number of carbonyl (C=O) groups is 1. The van der Waals surface area contributed by atoms with E-state index in [1.807, 2.05) is 86.1 Å². The summed E-state index contributed by atoms with van der Waals surface area (Å²) in [7, 11) is 0. The predicted octanol–water partition coefficient (Wildman–Crippen LogP) is 4.62. The van der Waals surface area contributed by atoms with Gasteiger partial charge in [-0.3, -0.25) is 4.79 Å². The Morgan fingerprint density at radius 2 is 1.81 bits per heavy atom. The molecule has 2 aromatic carbocycles. The molecule has 0 saturated carbocycles. The molecule has 0 bridgehead atoms. The first kappa shape index (κ1) is 21.7. The van der Waals surface area contributed by atoms with E-state index in [0.717, 1.165) is 27.8 Å². The minimum atomic E-state index is -0.145. The van der Waals surface area contributed by atoms with Gasteiger partial charge in [-0.1, -0.05) is 54.6 Å². The summed E-state index contributed by atoms with van der Waals surface area (Å²) in [6.45, 7) is 6.68. The van der Waals surface area contributed by atoms with Crippen molar-refractivity contribution < 1.29 is 9.90 Å². The molecule has 0 spiro atoms. The van der Waals surface area contributed by atoms with E-state index >= 15 is 0 Å². The number of aromatic nitrogens is 3. The molecular formula is C26H28N4O2. The number of rotatable bonds is 7. The van der Waals surface area contributed by atoms with Crippen molar-refractivity contribution in [1.82, 2.24) is 19.7 Å². The summed E-state index contributed by atoms with van der Waals surface area (Å²) in [6.07, 6.45) is 1.72. The number of hydrogen-bond acceptors (Lipinski definition) is 4. The number of carbonyl (C=O) groups excluding carboxylic acids is 1. The zero-order valence-corrected chi connectivity index (χ0v) is 18.7. The monoisotopic (exact) mass is 428 g/mol. The van der Waals surface area contributed by atoms with Gasteiger partial charge in [0.1, 0.15) is 0 Å². The Hall–Kier alpha value is -3.51. The topological polar surface area (TPSA) is 71.2 Å². The molecule has 0 radical (unpaired) electrons. The van der Waals surface area contributed by atoms with E-state index in [-0.39, 0.29) is 25.1 Å². The summed E-state index contributed by atoms with van der Waals surface area (Å²) < 4.78 is 1.85. The van der Waals surface area contributed by atoms with E-state index in [1.165, 1.54) is 0 Å². The molecule has 6 heteroatoms. The first-order chi connectivity index (χ1) is 15.5. The van der Waals surface area contributed by atoms with Crippen molar-refractivity contribution >= 4 is 16.9 Å². The van der Waals surface area contributed by atoms with Gasteiger partial charge in [-0.15, -0.1) is 0 Å². The molecule has 32 heavy (non-hydrogen) atoms. The van der Waals surface area contributed by atoms with Gasteiger partial charge >= 0.3 is 0 Å². The lowest BCUT2D eigenvalue weighted by Gasteiger charge is -2.23. The Balaban J connectivity index is 1.86. The number of benzene rings is 2. The van der Waals surface area contributed by atoms with Gasteiger partial charge in [0.15, 0.2) is 5.65 Å². The van der Waals surface area contributed by atoms with E-state index in [1.54, 1.807) is 11.1 Å². The average molecular weight is 429 g/mol. The van der Waals surface area contributed by atoms with Crippen molar-refractivity contribution in [3.63, 3.8) is 0 Å². The third kappa shape index (κ3) is 4.27. The number of aryl methyl sites for hydroxylation is 1. The molecule has 0 aliphatic rings. The number of fused-ring (bicyclic) bond motifs is 1. The number of amides is 1. The maximum Gasteiger partial charge on any atom is 0.255 e. The summed E-state index contributed by atoms with van der Waals surface area (Å²) in [6, 6.07) is 19.8. The van der Waals surface area contributed by atoms with Crippen LogP contribution in [0.3, 0.4) is 0 Å². The number of hydrogen-bond donors (Lipinski definition) is 1. The van der Waals surface area contributed by atoms with Crippen molar-refractivity contribution in [2.45, 2.75) is 33.4 Å². The maximum absolute atomic E-state index is 13.8. The van der Waals surface area contributed by atoms with Gasteiger partial charge in [-0.05, 0) is 38.0 Å². The molecule has 2 aromatic heterocycles. The van der Waals surface area contributed by atoms with Gasteiger partial charge in [0.25, 0.3) is 5.91 Å². The standard InChI is InChI=1S/C26H28N4O2/c1-18(2)30-25-23(16-27-30)22(15-24(28-25)21-12-8-7-9-19(21)3)26(32)29(13-14-31)17-20-10-5-4-6-11-20/h4-12,15-16,18,31H,13-14,17H2,1-3H3. The molecule has 164 valence electrons. The molecule has 0 aliphatic carbocycles. The first-order valence-corrected chi connectivity index (χ1v) is 10.9. The SMILES string of the molecule is Cc1ccccc1-c1cc(C(=O)N(CCO)Cc2ccccc2)c2cnn(C(C)C)c2n1. The van der Waals surface area contributed by atoms with Crippen molar-refractivity contribution in [3.8, 4) is 11.3 Å². The highest BCUT2D eigenvalue weighted by atomic mass is 16.3. The normalized spacial score (nSPS) is 11.3. The third-order valence-electron chi connectivity index (χ3n) is 5.58. The summed E-state index contributed by atoms with van der Waals surface area (Å²) in [4.78, 5) is 20.3. The highest BCUT2D eigenvalue weighted by Crippen LogP contribution is 2.29. The van der Waals surface area contributed by atoms with Gasteiger partial charge in [-0.25, -0.2) is 9.67 Å². The van der Waals surface area contributed by atoms with E-state index < -0.39 is 0 Å². The largest absolute Gasteiger partial charge is 0.395 e.